The summed E-state index contributed by atoms with van der Waals surface area (Å²) in [5.41, 5.74) is 10.8. The van der Waals surface area contributed by atoms with Crippen molar-refractivity contribution in [1.82, 2.24) is 20.7 Å². The van der Waals surface area contributed by atoms with E-state index in [9.17, 15) is 0 Å². The van der Waals surface area contributed by atoms with Crippen LogP contribution in [0.5, 0.6) is 5.75 Å². The molecule has 3 atom stereocenters. The van der Waals surface area contributed by atoms with E-state index in [0.717, 1.165) is 30.9 Å². The molecule has 5 rings (SSSR count). The van der Waals surface area contributed by atoms with Gasteiger partial charge in [-0.05, 0) is 60.8 Å². The number of methoxy groups -OCH3 is 1. The van der Waals surface area contributed by atoms with Crippen molar-refractivity contribution in [2.75, 3.05) is 20.2 Å². The van der Waals surface area contributed by atoms with Gasteiger partial charge in [0.25, 0.3) is 0 Å². The number of nitrogens with zero attached hydrogens (tertiary/aromatic N) is 2. The van der Waals surface area contributed by atoms with E-state index in [1.807, 2.05) is 18.3 Å². The second kappa shape index (κ2) is 8.11. The van der Waals surface area contributed by atoms with Gasteiger partial charge in [-0.2, -0.15) is 0 Å². The van der Waals surface area contributed by atoms with Crippen LogP contribution in [-0.4, -0.2) is 42.2 Å². The summed E-state index contributed by atoms with van der Waals surface area (Å²) in [5, 5.41) is 1.22. The minimum atomic E-state index is 0.395. The highest BCUT2D eigenvalue weighted by Crippen LogP contribution is 2.33. The molecule has 0 bridgehead atoms. The Morgan fingerprint density at radius 2 is 2.10 bits per heavy atom. The molecule has 150 valence electrons. The van der Waals surface area contributed by atoms with Gasteiger partial charge in [-0.3, -0.25) is 20.7 Å². The van der Waals surface area contributed by atoms with Gasteiger partial charge in [0.05, 0.1) is 12.6 Å². The molecule has 2 N–H and O–H groups in total. The number of hydrogen-bond acceptors (Lipinski definition) is 5. The molecule has 29 heavy (non-hydrogen) atoms. The Bertz CT molecular complexity index is 991. The van der Waals surface area contributed by atoms with E-state index in [4.69, 9.17) is 4.74 Å². The van der Waals surface area contributed by atoms with Gasteiger partial charge >= 0.3 is 0 Å². The number of ether oxygens (including phenoxy) is 1. The van der Waals surface area contributed by atoms with Gasteiger partial charge in [-0.25, -0.2) is 0 Å². The highest BCUT2D eigenvalue weighted by molar-refractivity contribution is 5.78. The molecule has 0 aliphatic carbocycles. The summed E-state index contributed by atoms with van der Waals surface area (Å²) in [6.07, 6.45) is 4.34. The fourth-order valence-electron chi connectivity index (χ4n) is 4.99. The minimum absolute atomic E-state index is 0.395. The molecular formula is C24H28N4O. The summed E-state index contributed by atoms with van der Waals surface area (Å²) in [6, 6.07) is 20.3. The first-order chi connectivity index (χ1) is 14.3. The first-order valence-corrected chi connectivity index (χ1v) is 10.5. The van der Waals surface area contributed by atoms with Crippen molar-refractivity contribution in [2.45, 2.75) is 37.4 Å². The molecule has 1 aromatic heterocycles. The molecule has 2 aliphatic heterocycles. The van der Waals surface area contributed by atoms with Crippen molar-refractivity contribution >= 4 is 10.9 Å². The van der Waals surface area contributed by atoms with Crippen LogP contribution in [0.25, 0.3) is 10.9 Å². The van der Waals surface area contributed by atoms with Crippen LogP contribution in [0.2, 0.25) is 0 Å². The van der Waals surface area contributed by atoms with E-state index in [1.165, 1.54) is 29.4 Å². The van der Waals surface area contributed by atoms with Crippen LogP contribution >= 0.6 is 0 Å². The molecule has 3 heterocycles. The third-order valence-electron chi connectivity index (χ3n) is 6.43. The Balaban J connectivity index is 1.36. The van der Waals surface area contributed by atoms with Crippen molar-refractivity contribution in [1.29, 1.82) is 0 Å². The smallest absolute Gasteiger partial charge is 0.119 e. The molecule has 0 spiro atoms. The quantitative estimate of drug-likeness (QED) is 0.701. The van der Waals surface area contributed by atoms with Crippen LogP contribution in [0, 0.1) is 0 Å². The standard InChI is InChI=1S/C24H28N4O/c1-29-20-7-2-5-18(14-20)21-15-26-27-24(21)23-8-4-12-28(23)16-17-9-10-22-19(13-17)6-3-11-25-22/h2-3,5-7,9-11,13-14,21,23-24,26-27H,4,8,12,15-16H2,1H3. The van der Waals surface area contributed by atoms with Crippen molar-refractivity contribution < 1.29 is 4.74 Å². The van der Waals surface area contributed by atoms with Gasteiger partial charge in [0, 0.05) is 42.7 Å². The molecule has 3 aromatic rings. The summed E-state index contributed by atoms with van der Waals surface area (Å²) in [4.78, 5) is 7.10. The van der Waals surface area contributed by atoms with Crippen LogP contribution in [-0.2, 0) is 6.54 Å². The SMILES string of the molecule is COc1cccc(C2CNNC2C2CCCN2Cc2ccc3ncccc3c2)c1. The van der Waals surface area contributed by atoms with E-state index in [2.05, 4.69) is 63.2 Å². The largest absolute Gasteiger partial charge is 0.497 e. The zero-order valence-electron chi connectivity index (χ0n) is 16.8. The summed E-state index contributed by atoms with van der Waals surface area (Å²) < 4.78 is 5.45. The zero-order chi connectivity index (χ0) is 19.6. The lowest BCUT2D eigenvalue weighted by atomic mass is 9.87. The number of rotatable bonds is 5. The Morgan fingerprint density at radius 3 is 3.03 bits per heavy atom. The molecule has 0 saturated carbocycles. The maximum absolute atomic E-state index is 5.45. The third kappa shape index (κ3) is 3.73. The predicted octanol–water partition coefficient (Wildman–Crippen LogP) is 3.47. The highest BCUT2D eigenvalue weighted by Gasteiger charge is 2.39. The van der Waals surface area contributed by atoms with Crippen LogP contribution in [0.1, 0.15) is 29.9 Å². The maximum Gasteiger partial charge on any atom is 0.119 e. The lowest BCUT2D eigenvalue weighted by Crippen LogP contribution is -2.47. The fourth-order valence-corrected chi connectivity index (χ4v) is 4.99. The molecule has 2 aromatic carbocycles. The topological polar surface area (TPSA) is 49.4 Å². The number of benzene rings is 2. The van der Waals surface area contributed by atoms with Gasteiger partial charge in [-0.15, -0.1) is 0 Å². The summed E-state index contributed by atoms with van der Waals surface area (Å²) in [5.74, 6) is 1.37. The summed E-state index contributed by atoms with van der Waals surface area (Å²) >= 11 is 0. The van der Waals surface area contributed by atoms with Crippen LogP contribution in [0.3, 0.4) is 0 Å². The number of fused-ring (bicyclic) bond motifs is 1. The fraction of sp³-hybridized carbons (Fsp3) is 0.375. The Morgan fingerprint density at radius 1 is 1.14 bits per heavy atom. The number of pyridine rings is 1. The Kier molecular flexibility index (Phi) is 5.19. The predicted molar refractivity (Wildman–Crippen MR) is 116 cm³/mol. The maximum atomic E-state index is 5.45. The van der Waals surface area contributed by atoms with Crippen LogP contribution in [0.15, 0.2) is 60.8 Å². The van der Waals surface area contributed by atoms with E-state index in [0.29, 0.717) is 18.0 Å². The molecule has 2 aliphatic rings. The van der Waals surface area contributed by atoms with Crippen molar-refractivity contribution in [2.24, 2.45) is 0 Å². The van der Waals surface area contributed by atoms with Gasteiger partial charge in [0.2, 0.25) is 0 Å². The Hall–Kier alpha value is -2.47. The summed E-state index contributed by atoms with van der Waals surface area (Å²) in [7, 11) is 1.74. The normalized spacial score (nSPS) is 24.9. The van der Waals surface area contributed by atoms with E-state index in [-0.39, 0.29) is 0 Å². The lowest BCUT2D eigenvalue weighted by Gasteiger charge is -2.32. The van der Waals surface area contributed by atoms with E-state index in [1.54, 1.807) is 7.11 Å². The molecule has 5 nitrogen and oxygen atoms in total. The van der Waals surface area contributed by atoms with Crippen molar-refractivity contribution in [3.05, 3.63) is 71.9 Å². The Labute approximate surface area is 172 Å². The average Bonchev–Trinajstić information content (AvgIpc) is 3.43. The number of likely N-dealkylation sites (tertiary alicyclic amines) is 1. The second-order valence-electron chi connectivity index (χ2n) is 8.14. The number of aromatic nitrogens is 1. The number of hydrazine groups is 1. The van der Waals surface area contributed by atoms with Crippen molar-refractivity contribution in [3.8, 4) is 5.75 Å². The average molecular weight is 389 g/mol. The molecular weight excluding hydrogens is 360 g/mol. The monoisotopic (exact) mass is 388 g/mol. The van der Waals surface area contributed by atoms with Gasteiger partial charge in [-0.1, -0.05) is 24.3 Å². The third-order valence-corrected chi connectivity index (χ3v) is 6.43. The first-order valence-electron chi connectivity index (χ1n) is 10.5. The van der Waals surface area contributed by atoms with Gasteiger partial charge in [0.15, 0.2) is 0 Å². The van der Waals surface area contributed by atoms with Gasteiger partial charge in [0.1, 0.15) is 5.75 Å². The van der Waals surface area contributed by atoms with E-state index >= 15 is 0 Å². The highest BCUT2D eigenvalue weighted by atomic mass is 16.5. The van der Waals surface area contributed by atoms with E-state index < -0.39 is 0 Å². The lowest BCUT2D eigenvalue weighted by molar-refractivity contribution is 0.196. The number of hydrogen-bond donors (Lipinski definition) is 2. The second-order valence-corrected chi connectivity index (χ2v) is 8.14. The molecule has 3 unspecified atom stereocenters. The zero-order valence-corrected chi connectivity index (χ0v) is 16.8. The molecule has 2 saturated heterocycles. The number of nitrogens with one attached hydrogen (secondary N) is 2. The molecule has 5 heteroatoms. The molecule has 0 radical (unpaired) electrons. The molecule has 2 fully saturated rings. The van der Waals surface area contributed by atoms with Crippen LogP contribution < -0.4 is 15.6 Å². The van der Waals surface area contributed by atoms with Crippen molar-refractivity contribution in [3.63, 3.8) is 0 Å². The first kappa shape index (κ1) is 18.6. The minimum Gasteiger partial charge on any atom is -0.497 e. The van der Waals surface area contributed by atoms with Gasteiger partial charge < -0.3 is 4.74 Å². The summed E-state index contributed by atoms with van der Waals surface area (Å²) in [6.45, 7) is 3.08. The molecule has 0 amide bonds. The van der Waals surface area contributed by atoms with Crippen LogP contribution in [0.4, 0.5) is 0 Å².